The molecule has 0 spiro atoms. The molecule has 1 atom stereocenters. The van der Waals surface area contributed by atoms with Crippen LogP contribution in [0.15, 0.2) is 42.5 Å². The number of amides is 2. The van der Waals surface area contributed by atoms with Crippen LogP contribution in [0.2, 0.25) is 5.02 Å². The summed E-state index contributed by atoms with van der Waals surface area (Å²) in [5.74, 6) is -1.22. The summed E-state index contributed by atoms with van der Waals surface area (Å²) in [4.78, 5) is 28.5. The fourth-order valence-corrected chi connectivity index (χ4v) is 5.78. The first kappa shape index (κ1) is 28.9. The quantitative estimate of drug-likeness (QED) is 0.459. The third-order valence-electron chi connectivity index (χ3n) is 6.79. The number of nitrogens with zero attached hydrogens (tertiary/aromatic N) is 2. The monoisotopic (exact) mass is 551 g/mol. The highest BCUT2D eigenvalue weighted by molar-refractivity contribution is 7.92. The van der Waals surface area contributed by atoms with Crippen molar-refractivity contribution in [3.63, 3.8) is 0 Å². The molecule has 3 rings (SSSR count). The van der Waals surface area contributed by atoms with Gasteiger partial charge >= 0.3 is 0 Å². The lowest BCUT2D eigenvalue weighted by atomic mass is 9.95. The zero-order chi connectivity index (χ0) is 27.2. The Kier molecular flexibility index (Phi) is 9.95. The molecule has 0 saturated heterocycles. The molecule has 2 aromatic rings. The molecule has 2 amide bonds. The number of sulfonamides is 1. The van der Waals surface area contributed by atoms with Crippen molar-refractivity contribution < 1.29 is 22.4 Å². The molecule has 0 heterocycles. The van der Waals surface area contributed by atoms with Gasteiger partial charge < -0.3 is 10.2 Å². The highest BCUT2D eigenvalue weighted by atomic mass is 35.5. The molecule has 0 aromatic heterocycles. The van der Waals surface area contributed by atoms with Crippen LogP contribution in [0, 0.1) is 12.7 Å². The molecule has 2 aromatic carbocycles. The van der Waals surface area contributed by atoms with Crippen LogP contribution >= 0.6 is 11.6 Å². The van der Waals surface area contributed by atoms with Gasteiger partial charge in [-0.2, -0.15) is 0 Å². The van der Waals surface area contributed by atoms with Gasteiger partial charge in [-0.05, 0) is 61.6 Å². The minimum absolute atomic E-state index is 0.0296. The number of halogens is 2. The first-order valence-electron chi connectivity index (χ1n) is 12.6. The van der Waals surface area contributed by atoms with Crippen LogP contribution in [0.3, 0.4) is 0 Å². The molecule has 0 bridgehead atoms. The van der Waals surface area contributed by atoms with Crippen molar-refractivity contribution in [2.24, 2.45) is 0 Å². The summed E-state index contributed by atoms with van der Waals surface area (Å²) in [6.45, 7) is 3.02. The van der Waals surface area contributed by atoms with E-state index >= 15 is 0 Å². The number of anilines is 1. The lowest BCUT2D eigenvalue weighted by molar-refractivity contribution is -0.140. The van der Waals surface area contributed by atoms with E-state index in [9.17, 15) is 22.4 Å². The van der Waals surface area contributed by atoms with E-state index in [0.29, 0.717) is 28.3 Å². The molecule has 1 aliphatic carbocycles. The molecular formula is C27H35ClFN3O4S. The van der Waals surface area contributed by atoms with Crippen molar-refractivity contribution in [3.8, 4) is 0 Å². The molecule has 1 saturated carbocycles. The predicted molar refractivity (Wildman–Crippen MR) is 144 cm³/mol. The van der Waals surface area contributed by atoms with Crippen molar-refractivity contribution >= 4 is 39.1 Å². The topological polar surface area (TPSA) is 86.8 Å². The van der Waals surface area contributed by atoms with Crippen molar-refractivity contribution in [2.75, 3.05) is 17.1 Å². The maximum Gasteiger partial charge on any atom is 0.244 e. The highest BCUT2D eigenvalue weighted by Crippen LogP contribution is 2.28. The molecule has 202 valence electrons. The smallest absolute Gasteiger partial charge is 0.244 e. The first-order chi connectivity index (χ1) is 17.5. The summed E-state index contributed by atoms with van der Waals surface area (Å²) in [5, 5.41) is 3.46. The Hall–Kier alpha value is -2.65. The predicted octanol–water partition coefficient (Wildman–Crippen LogP) is 4.81. The summed E-state index contributed by atoms with van der Waals surface area (Å²) in [6.07, 6.45) is 6.38. The molecule has 7 nitrogen and oxygen atoms in total. The summed E-state index contributed by atoms with van der Waals surface area (Å²) in [5.41, 5.74) is 1.45. The van der Waals surface area contributed by atoms with Gasteiger partial charge in [0.1, 0.15) is 18.4 Å². The van der Waals surface area contributed by atoms with Crippen molar-refractivity contribution in [3.05, 3.63) is 64.4 Å². The lowest BCUT2D eigenvalue weighted by Gasteiger charge is -2.34. The Morgan fingerprint density at radius 3 is 2.35 bits per heavy atom. The van der Waals surface area contributed by atoms with Crippen LogP contribution in [-0.4, -0.2) is 50.0 Å². The Bertz CT molecular complexity index is 1200. The van der Waals surface area contributed by atoms with E-state index in [0.717, 1.165) is 42.7 Å². The SMILES string of the molecule is CCC(C(=O)NC1CCCCC1)N(Cc1ccc(F)cc1)C(=O)CN(c1cccc(Cl)c1C)S(C)(=O)=O. The van der Waals surface area contributed by atoms with Gasteiger partial charge in [-0.1, -0.05) is 56.0 Å². The van der Waals surface area contributed by atoms with Gasteiger partial charge in [0.25, 0.3) is 0 Å². The summed E-state index contributed by atoms with van der Waals surface area (Å²) in [7, 11) is -3.86. The minimum atomic E-state index is -3.86. The normalized spacial score (nSPS) is 15.2. The number of carbonyl (C=O) groups excluding carboxylic acids is 2. The van der Waals surface area contributed by atoms with Gasteiger partial charge in [0, 0.05) is 17.6 Å². The molecule has 1 unspecified atom stereocenters. The molecule has 1 aliphatic rings. The van der Waals surface area contributed by atoms with E-state index in [1.807, 2.05) is 6.92 Å². The van der Waals surface area contributed by atoms with E-state index in [-0.39, 0.29) is 18.5 Å². The lowest BCUT2D eigenvalue weighted by Crippen LogP contribution is -2.54. The standard InChI is InChI=1S/C27H35ClFN3O4S/c1-4-24(27(34)30-22-9-6-5-7-10-22)31(17-20-13-15-21(29)16-14-20)26(33)18-32(37(3,35)36)25-12-8-11-23(28)19(25)2/h8,11-16,22,24H,4-7,9-10,17-18H2,1-3H3,(H,30,34). The Morgan fingerprint density at radius 2 is 1.76 bits per heavy atom. The fraction of sp³-hybridized carbons (Fsp3) is 0.481. The fourth-order valence-electron chi connectivity index (χ4n) is 4.71. The van der Waals surface area contributed by atoms with Crippen LogP contribution in [-0.2, 0) is 26.2 Å². The highest BCUT2D eigenvalue weighted by Gasteiger charge is 2.33. The number of carbonyl (C=O) groups is 2. The van der Waals surface area contributed by atoms with E-state index in [2.05, 4.69) is 5.32 Å². The zero-order valence-electron chi connectivity index (χ0n) is 21.5. The van der Waals surface area contributed by atoms with Gasteiger partial charge in [-0.25, -0.2) is 12.8 Å². The molecule has 10 heteroatoms. The first-order valence-corrected chi connectivity index (χ1v) is 14.8. The van der Waals surface area contributed by atoms with Crippen molar-refractivity contribution in [2.45, 2.75) is 71.0 Å². The summed E-state index contributed by atoms with van der Waals surface area (Å²) >= 11 is 6.23. The van der Waals surface area contributed by atoms with Crippen molar-refractivity contribution in [1.82, 2.24) is 10.2 Å². The van der Waals surface area contributed by atoms with Gasteiger partial charge in [0.2, 0.25) is 21.8 Å². The van der Waals surface area contributed by atoms with Gasteiger partial charge in [-0.15, -0.1) is 0 Å². The third-order valence-corrected chi connectivity index (χ3v) is 8.33. The maximum atomic E-state index is 13.8. The van der Waals surface area contributed by atoms with E-state index in [4.69, 9.17) is 11.6 Å². The zero-order valence-corrected chi connectivity index (χ0v) is 23.1. The summed E-state index contributed by atoms with van der Waals surface area (Å²) in [6, 6.07) is 9.78. The number of hydrogen-bond acceptors (Lipinski definition) is 4. The minimum Gasteiger partial charge on any atom is -0.352 e. The number of hydrogen-bond donors (Lipinski definition) is 1. The van der Waals surface area contributed by atoms with Crippen LogP contribution < -0.4 is 9.62 Å². The van der Waals surface area contributed by atoms with Crippen molar-refractivity contribution in [1.29, 1.82) is 0 Å². The Balaban J connectivity index is 1.93. The molecule has 0 radical (unpaired) electrons. The van der Waals surface area contributed by atoms with Gasteiger partial charge in [0.15, 0.2) is 0 Å². The van der Waals surface area contributed by atoms with E-state index < -0.39 is 34.3 Å². The second-order valence-electron chi connectivity index (χ2n) is 9.57. The molecule has 1 N–H and O–H groups in total. The van der Waals surface area contributed by atoms with Crippen LogP contribution in [0.5, 0.6) is 0 Å². The molecule has 37 heavy (non-hydrogen) atoms. The van der Waals surface area contributed by atoms with Crippen LogP contribution in [0.25, 0.3) is 0 Å². The van der Waals surface area contributed by atoms with Gasteiger partial charge in [0.05, 0.1) is 11.9 Å². The van der Waals surface area contributed by atoms with Gasteiger partial charge in [-0.3, -0.25) is 13.9 Å². The summed E-state index contributed by atoms with van der Waals surface area (Å²) < 4.78 is 40.1. The maximum absolute atomic E-state index is 13.8. The molecular weight excluding hydrogens is 517 g/mol. The average Bonchev–Trinajstić information content (AvgIpc) is 2.85. The second-order valence-corrected chi connectivity index (χ2v) is 11.9. The van der Waals surface area contributed by atoms with Crippen LogP contribution in [0.1, 0.15) is 56.6 Å². The van der Waals surface area contributed by atoms with Crippen LogP contribution in [0.4, 0.5) is 10.1 Å². The van der Waals surface area contributed by atoms with E-state index in [1.165, 1.54) is 17.0 Å². The largest absolute Gasteiger partial charge is 0.352 e. The Labute approximate surface area is 224 Å². The third kappa shape index (κ3) is 7.68. The number of nitrogens with one attached hydrogen (secondary N) is 1. The Morgan fingerprint density at radius 1 is 1.11 bits per heavy atom. The second kappa shape index (κ2) is 12.7. The van der Waals surface area contributed by atoms with E-state index in [1.54, 1.807) is 37.3 Å². The average molecular weight is 552 g/mol. The number of rotatable bonds is 10. The molecule has 1 fully saturated rings. The molecule has 0 aliphatic heterocycles. The number of benzene rings is 2.